The van der Waals surface area contributed by atoms with Gasteiger partial charge in [0.2, 0.25) is 5.95 Å². The summed E-state index contributed by atoms with van der Waals surface area (Å²) >= 11 is 0. The van der Waals surface area contributed by atoms with Gasteiger partial charge >= 0.3 is 6.18 Å². The number of rotatable bonds is 3. The first-order valence-electron chi connectivity index (χ1n) is 9.63. The van der Waals surface area contributed by atoms with Crippen LogP contribution in [0.1, 0.15) is 25.3 Å². The summed E-state index contributed by atoms with van der Waals surface area (Å²) in [6, 6.07) is 5.31. The summed E-state index contributed by atoms with van der Waals surface area (Å²) in [7, 11) is 0. The van der Waals surface area contributed by atoms with Crippen molar-refractivity contribution in [2.24, 2.45) is 0 Å². The molecule has 5 nitrogen and oxygen atoms in total. The van der Waals surface area contributed by atoms with Gasteiger partial charge in [-0.05, 0) is 44.0 Å². The van der Waals surface area contributed by atoms with Gasteiger partial charge in [0.05, 0.1) is 18.0 Å². The van der Waals surface area contributed by atoms with E-state index in [1.807, 2.05) is 0 Å². The zero-order valence-corrected chi connectivity index (χ0v) is 15.9. The molecule has 0 bridgehead atoms. The van der Waals surface area contributed by atoms with E-state index in [0.29, 0.717) is 24.3 Å². The van der Waals surface area contributed by atoms with Gasteiger partial charge in [-0.1, -0.05) is 0 Å². The fourth-order valence-electron chi connectivity index (χ4n) is 4.23. The zero-order valence-electron chi connectivity index (χ0n) is 15.9. The third-order valence-corrected chi connectivity index (χ3v) is 5.72. The Morgan fingerprint density at radius 1 is 1.03 bits per heavy atom. The number of aromatic nitrogens is 2. The summed E-state index contributed by atoms with van der Waals surface area (Å²) in [5, 5.41) is 0. The predicted molar refractivity (Wildman–Crippen MR) is 99.3 cm³/mol. The fraction of sp³-hybridized carbons (Fsp3) is 0.500. The van der Waals surface area contributed by atoms with Gasteiger partial charge in [0, 0.05) is 31.7 Å². The second-order valence-corrected chi connectivity index (χ2v) is 7.54. The molecule has 0 spiro atoms. The lowest BCUT2D eigenvalue weighted by atomic mass is 9.92. The van der Waals surface area contributed by atoms with E-state index in [9.17, 15) is 17.6 Å². The quantitative estimate of drug-likeness (QED) is 0.721. The molecule has 2 saturated heterocycles. The smallest absolute Gasteiger partial charge is 0.416 e. The van der Waals surface area contributed by atoms with Crippen LogP contribution in [0.4, 0.5) is 23.5 Å². The molecular weight excluding hydrogens is 388 g/mol. The normalized spacial score (nSPS) is 25.6. The van der Waals surface area contributed by atoms with Crippen molar-refractivity contribution in [3.05, 3.63) is 48.0 Å². The molecule has 2 fully saturated rings. The van der Waals surface area contributed by atoms with Crippen LogP contribution in [0.3, 0.4) is 0 Å². The van der Waals surface area contributed by atoms with Crippen molar-refractivity contribution in [2.45, 2.75) is 44.1 Å². The molecule has 1 unspecified atom stereocenters. The number of hydrogen-bond donors (Lipinski definition) is 0. The highest BCUT2D eigenvalue weighted by Gasteiger charge is 2.39. The van der Waals surface area contributed by atoms with Crippen LogP contribution < -0.4 is 9.64 Å². The minimum atomic E-state index is -4.35. The van der Waals surface area contributed by atoms with E-state index in [0.717, 1.165) is 38.1 Å². The van der Waals surface area contributed by atoms with Gasteiger partial charge in [-0.2, -0.15) is 13.2 Å². The maximum absolute atomic E-state index is 13.1. The van der Waals surface area contributed by atoms with Crippen LogP contribution in [-0.2, 0) is 6.18 Å². The van der Waals surface area contributed by atoms with E-state index in [1.54, 1.807) is 0 Å². The summed E-state index contributed by atoms with van der Waals surface area (Å²) < 4.78 is 57.1. The standard InChI is InChI=1S/C20H22F4N4O/c1-13-18-7-6-17(29-16-4-2-14(3-5-16)20(22,23)24)12-27(18)8-9-28(13)19-25-10-15(21)11-26-19/h2-5,10-11,13,17-18H,6-9,12H2,1H3/t13?,17-,18-/m0/s1. The Bertz CT molecular complexity index is 828. The number of hydrogen-bond acceptors (Lipinski definition) is 5. The van der Waals surface area contributed by atoms with Gasteiger partial charge in [0.15, 0.2) is 5.82 Å². The van der Waals surface area contributed by atoms with Crippen molar-refractivity contribution in [1.82, 2.24) is 14.9 Å². The topological polar surface area (TPSA) is 41.5 Å². The van der Waals surface area contributed by atoms with E-state index < -0.39 is 17.6 Å². The van der Waals surface area contributed by atoms with Crippen LogP contribution in [-0.4, -0.2) is 52.7 Å². The number of ether oxygens (including phenoxy) is 1. The van der Waals surface area contributed by atoms with Crippen LogP contribution in [0.5, 0.6) is 5.75 Å². The SMILES string of the molecule is CC1[C@@H]2CC[C@H](Oc3ccc(C(F)(F)F)cc3)CN2CCN1c1ncc(F)cn1. The number of fused-ring (bicyclic) bond motifs is 1. The molecule has 1 aromatic heterocycles. The lowest BCUT2D eigenvalue weighted by Crippen LogP contribution is -2.62. The van der Waals surface area contributed by atoms with Crippen molar-refractivity contribution < 1.29 is 22.3 Å². The van der Waals surface area contributed by atoms with E-state index >= 15 is 0 Å². The van der Waals surface area contributed by atoms with Gasteiger partial charge in [-0.25, -0.2) is 14.4 Å². The molecule has 0 amide bonds. The van der Waals surface area contributed by atoms with Crippen LogP contribution in [0.25, 0.3) is 0 Å². The van der Waals surface area contributed by atoms with Gasteiger partial charge < -0.3 is 9.64 Å². The molecule has 0 N–H and O–H groups in total. The first kappa shape index (κ1) is 19.9. The summed E-state index contributed by atoms with van der Waals surface area (Å²) in [5.74, 6) is 0.524. The summed E-state index contributed by atoms with van der Waals surface area (Å²) in [6.45, 7) is 4.34. The number of nitrogens with zero attached hydrogens (tertiary/aromatic N) is 4. The summed E-state index contributed by atoms with van der Waals surface area (Å²) in [4.78, 5) is 12.6. The number of benzene rings is 1. The van der Waals surface area contributed by atoms with Crippen molar-refractivity contribution in [1.29, 1.82) is 0 Å². The average Bonchev–Trinajstić information content (AvgIpc) is 2.69. The van der Waals surface area contributed by atoms with Crippen LogP contribution in [0.2, 0.25) is 0 Å². The van der Waals surface area contributed by atoms with Crippen molar-refractivity contribution in [2.75, 3.05) is 24.5 Å². The molecule has 0 saturated carbocycles. The Kier molecular flexibility index (Phi) is 5.33. The van der Waals surface area contributed by atoms with Gasteiger partial charge in [-0.3, -0.25) is 4.90 Å². The lowest BCUT2D eigenvalue weighted by Gasteiger charge is -2.50. The highest BCUT2D eigenvalue weighted by molar-refractivity contribution is 5.33. The van der Waals surface area contributed by atoms with Crippen molar-refractivity contribution in [3.63, 3.8) is 0 Å². The van der Waals surface area contributed by atoms with Gasteiger partial charge in [-0.15, -0.1) is 0 Å². The Hall–Kier alpha value is -2.42. The predicted octanol–water partition coefficient (Wildman–Crippen LogP) is 3.76. The first-order chi connectivity index (χ1) is 13.8. The molecule has 0 aliphatic carbocycles. The first-order valence-corrected chi connectivity index (χ1v) is 9.63. The molecule has 3 heterocycles. The molecule has 29 heavy (non-hydrogen) atoms. The molecule has 1 aromatic carbocycles. The lowest BCUT2D eigenvalue weighted by molar-refractivity contribution is -0.137. The van der Waals surface area contributed by atoms with E-state index in [4.69, 9.17) is 4.74 Å². The number of anilines is 1. The molecule has 2 aliphatic rings. The van der Waals surface area contributed by atoms with Crippen LogP contribution in [0.15, 0.2) is 36.7 Å². The molecule has 4 rings (SSSR count). The summed E-state index contributed by atoms with van der Waals surface area (Å²) in [6.07, 6.45) is -0.356. The van der Waals surface area contributed by atoms with E-state index in [-0.39, 0.29) is 12.1 Å². The molecule has 2 aromatic rings. The molecule has 0 radical (unpaired) electrons. The van der Waals surface area contributed by atoms with Crippen molar-refractivity contribution in [3.8, 4) is 5.75 Å². The molecule has 156 valence electrons. The highest BCUT2D eigenvalue weighted by Crippen LogP contribution is 2.32. The number of piperidine rings is 1. The monoisotopic (exact) mass is 410 g/mol. The van der Waals surface area contributed by atoms with Crippen LogP contribution >= 0.6 is 0 Å². The minimum absolute atomic E-state index is 0.0659. The maximum atomic E-state index is 13.1. The second kappa shape index (κ2) is 7.78. The number of piperazine rings is 1. The van der Waals surface area contributed by atoms with Crippen LogP contribution in [0, 0.1) is 5.82 Å². The number of alkyl halides is 3. The maximum Gasteiger partial charge on any atom is 0.416 e. The molecule has 2 aliphatic heterocycles. The van der Waals surface area contributed by atoms with Gasteiger partial charge in [0.25, 0.3) is 0 Å². The van der Waals surface area contributed by atoms with E-state index in [1.165, 1.54) is 24.5 Å². The highest BCUT2D eigenvalue weighted by atomic mass is 19.4. The molecular formula is C20H22F4N4O. The molecule has 9 heteroatoms. The van der Waals surface area contributed by atoms with Gasteiger partial charge in [0.1, 0.15) is 11.9 Å². The Morgan fingerprint density at radius 3 is 2.38 bits per heavy atom. The largest absolute Gasteiger partial charge is 0.489 e. The number of halogens is 4. The average molecular weight is 410 g/mol. The Morgan fingerprint density at radius 2 is 1.72 bits per heavy atom. The Balaban J connectivity index is 1.37. The molecule has 3 atom stereocenters. The third-order valence-electron chi connectivity index (χ3n) is 5.72. The third kappa shape index (κ3) is 4.29. The zero-order chi connectivity index (χ0) is 20.6. The summed E-state index contributed by atoms with van der Waals surface area (Å²) in [5.41, 5.74) is -0.679. The Labute approximate surface area is 166 Å². The fourth-order valence-corrected chi connectivity index (χ4v) is 4.23. The second-order valence-electron chi connectivity index (χ2n) is 7.54. The van der Waals surface area contributed by atoms with Crippen molar-refractivity contribution >= 4 is 5.95 Å². The minimum Gasteiger partial charge on any atom is -0.489 e. The van der Waals surface area contributed by atoms with E-state index in [2.05, 4.69) is 26.7 Å².